The molecule has 20 heavy (non-hydrogen) atoms. The molecule has 0 saturated heterocycles. The van der Waals surface area contributed by atoms with Crippen molar-refractivity contribution in [1.82, 2.24) is 15.3 Å². The molecule has 1 aromatic carbocycles. The number of carbonyl (C=O) groups excluding carboxylic acids is 1. The summed E-state index contributed by atoms with van der Waals surface area (Å²) < 4.78 is 0. The molecule has 0 saturated carbocycles. The van der Waals surface area contributed by atoms with E-state index in [9.17, 15) is 4.79 Å². The fourth-order valence-electron chi connectivity index (χ4n) is 1.58. The Morgan fingerprint density at radius 3 is 2.80 bits per heavy atom. The number of hydrogen-bond acceptors (Lipinski definition) is 4. The van der Waals surface area contributed by atoms with Crippen molar-refractivity contribution in [3.05, 3.63) is 53.3 Å². The van der Waals surface area contributed by atoms with E-state index in [0.717, 1.165) is 12.0 Å². The van der Waals surface area contributed by atoms with E-state index in [1.807, 2.05) is 24.3 Å². The van der Waals surface area contributed by atoms with Gasteiger partial charge in [-0.05, 0) is 30.2 Å². The topological polar surface area (TPSA) is 54.9 Å². The number of nitrogens with one attached hydrogen (secondary N) is 1. The fourth-order valence-corrected chi connectivity index (χ4v) is 2.43. The predicted octanol–water partition coefficient (Wildman–Crippen LogP) is 2.58. The van der Waals surface area contributed by atoms with Crippen molar-refractivity contribution in [3.63, 3.8) is 0 Å². The average molecular weight is 308 g/mol. The zero-order chi connectivity index (χ0) is 14.2. The first-order valence-corrected chi connectivity index (χ1v) is 7.51. The molecule has 1 amide bonds. The first kappa shape index (κ1) is 14.8. The number of halogens is 1. The Bertz CT molecular complexity index is 565. The molecule has 0 radical (unpaired) electrons. The van der Waals surface area contributed by atoms with Crippen LogP contribution >= 0.6 is 23.4 Å². The second-order valence-electron chi connectivity index (χ2n) is 4.05. The van der Waals surface area contributed by atoms with Crippen LogP contribution in [-0.4, -0.2) is 28.2 Å². The quantitative estimate of drug-likeness (QED) is 0.658. The Morgan fingerprint density at radius 1 is 1.25 bits per heavy atom. The molecule has 0 fully saturated rings. The van der Waals surface area contributed by atoms with Crippen molar-refractivity contribution in [2.45, 2.75) is 11.6 Å². The van der Waals surface area contributed by atoms with Gasteiger partial charge in [0.05, 0.1) is 5.75 Å². The second-order valence-corrected chi connectivity index (χ2v) is 5.43. The van der Waals surface area contributed by atoms with Gasteiger partial charge in [-0.1, -0.05) is 35.5 Å². The number of rotatable bonds is 6. The number of nitrogens with zero attached hydrogens (tertiary/aromatic N) is 2. The number of amides is 1. The Labute approximate surface area is 127 Å². The Kier molecular flexibility index (Phi) is 5.83. The first-order chi connectivity index (χ1) is 9.74. The number of benzene rings is 1. The molecule has 0 aliphatic rings. The van der Waals surface area contributed by atoms with E-state index in [-0.39, 0.29) is 5.91 Å². The maximum Gasteiger partial charge on any atom is 0.230 e. The average Bonchev–Trinajstić information content (AvgIpc) is 2.46. The van der Waals surface area contributed by atoms with Gasteiger partial charge in [0.25, 0.3) is 0 Å². The Balaban J connectivity index is 1.68. The van der Waals surface area contributed by atoms with Crippen molar-refractivity contribution < 1.29 is 4.79 Å². The monoisotopic (exact) mass is 307 g/mol. The summed E-state index contributed by atoms with van der Waals surface area (Å²) in [7, 11) is 0. The molecule has 2 rings (SSSR count). The van der Waals surface area contributed by atoms with Crippen LogP contribution in [0.5, 0.6) is 0 Å². The van der Waals surface area contributed by atoms with Gasteiger partial charge in [0.15, 0.2) is 5.16 Å². The van der Waals surface area contributed by atoms with Crippen molar-refractivity contribution >= 4 is 29.3 Å². The minimum atomic E-state index is -0.0236. The maximum absolute atomic E-state index is 11.7. The van der Waals surface area contributed by atoms with Crippen LogP contribution in [0.1, 0.15) is 5.56 Å². The van der Waals surface area contributed by atoms with Crippen molar-refractivity contribution in [2.75, 3.05) is 12.3 Å². The molecular weight excluding hydrogens is 294 g/mol. The summed E-state index contributed by atoms with van der Waals surface area (Å²) >= 11 is 7.22. The highest BCUT2D eigenvalue weighted by Gasteiger charge is 2.04. The minimum Gasteiger partial charge on any atom is -0.355 e. The zero-order valence-corrected chi connectivity index (χ0v) is 12.3. The maximum atomic E-state index is 11.7. The Hall–Kier alpha value is -1.59. The summed E-state index contributed by atoms with van der Waals surface area (Å²) in [6.07, 6.45) is 4.08. The molecule has 0 unspecified atom stereocenters. The lowest BCUT2D eigenvalue weighted by molar-refractivity contribution is -0.118. The van der Waals surface area contributed by atoms with Crippen LogP contribution in [0.25, 0.3) is 0 Å². The minimum absolute atomic E-state index is 0.0236. The van der Waals surface area contributed by atoms with Crippen LogP contribution in [0.3, 0.4) is 0 Å². The standard InChI is InChI=1S/C14H14ClN3OS/c15-12-4-1-3-11(9-12)5-8-16-13(19)10-20-14-17-6-2-7-18-14/h1-4,6-7,9H,5,8,10H2,(H,16,19). The van der Waals surface area contributed by atoms with Crippen LogP contribution in [0.15, 0.2) is 47.9 Å². The van der Waals surface area contributed by atoms with Crippen LogP contribution < -0.4 is 5.32 Å². The molecule has 0 bridgehead atoms. The smallest absolute Gasteiger partial charge is 0.230 e. The van der Waals surface area contributed by atoms with E-state index in [1.165, 1.54) is 11.8 Å². The van der Waals surface area contributed by atoms with Crippen molar-refractivity contribution in [2.24, 2.45) is 0 Å². The summed E-state index contributed by atoms with van der Waals surface area (Å²) in [5.74, 6) is 0.295. The molecule has 0 aliphatic heterocycles. The van der Waals surface area contributed by atoms with Gasteiger partial charge in [0, 0.05) is 24.0 Å². The number of thioether (sulfide) groups is 1. The third kappa shape index (κ3) is 5.19. The third-order valence-electron chi connectivity index (χ3n) is 2.50. The van der Waals surface area contributed by atoms with E-state index in [2.05, 4.69) is 15.3 Å². The SMILES string of the molecule is O=C(CSc1ncccn1)NCCc1cccc(Cl)c1. The van der Waals surface area contributed by atoms with Crippen LogP contribution in [0, 0.1) is 0 Å². The lowest BCUT2D eigenvalue weighted by Gasteiger charge is -2.05. The zero-order valence-electron chi connectivity index (χ0n) is 10.8. The van der Waals surface area contributed by atoms with Crippen molar-refractivity contribution in [3.8, 4) is 0 Å². The van der Waals surface area contributed by atoms with Gasteiger partial charge in [0.1, 0.15) is 0 Å². The van der Waals surface area contributed by atoms with Crippen LogP contribution in [0.2, 0.25) is 5.02 Å². The molecule has 0 aliphatic carbocycles. The van der Waals surface area contributed by atoms with Crippen LogP contribution in [0.4, 0.5) is 0 Å². The van der Waals surface area contributed by atoms with Gasteiger partial charge in [-0.25, -0.2) is 9.97 Å². The highest BCUT2D eigenvalue weighted by atomic mass is 35.5. The third-order valence-corrected chi connectivity index (χ3v) is 3.61. The summed E-state index contributed by atoms with van der Waals surface area (Å²) in [5, 5.41) is 4.18. The summed E-state index contributed by atoms with van der Waals surface area (Å²) in [6, 6.07) is 9.38. The van der Waals surface area contributed by atoms with Crippen molar-refractivity contribution in [1.29, 1.82) is 0 Å². The molecular formula is C14H14ClN3OS. The fraction of sp³-hybridized carbons (Fsp3) is 0.214. The van der Waals surface area contributed by atoms with Gasteiger partial charge in [-0.3, -0.25) is 4.79 Å². The van der Waals surface area contributed by atoms with Crippen LogP contribution in [-0.2, 0) is 11.2 Å². The number of carbonyl (C=O) groups is 1. The molecule has 0 spiro atoms. The van der Waals surface area contributed by atoms with Gasteiger partial charge < -0.3 is 5.32 Å². The molecule has 104 valence electrons. The number of aromatic nitrogens is 2. The highest BCUT2D eigenvalue weighted by molar-refractivity contribution is 7.99. The lowest BCUT2D eigenvalue weighted by Crippen LogP contribution is -2.27. The molecule has 1 N–H and O–H groups in total. The van der Waals surface area contributed by atoms with Gasteiger partial charge in [-0.2, -0.15) is 0 Å². The summed E-state index contributed by atoms with van der Waals surface area (Å²) in [6.45, 7) is 0.593. The number of hydrogen-bond donors (Lipinski definition) is 1. The summed E-state index contributed by atoms with van der Waals surface area (Å²) in [4.78, 5) is 19.8. The second kappa shape index (κ2) is 7.87. The lowest BCUT2D eigenvalue weighted by atomic mass is 10.1. The predicted molar refractivity (Wildman–Crippen MR) is 80.9 cm³/mol. The molecule has 2 aromatic rings. The molecule has 1 heterocycles. The van der Waals surface area contributed by atoms with E-state index in [0.29, 0.717) is 22.5 Å². The largest absolute Gasteiger partial charge is 0.355 e. The van der Waals surface area contributed by atoms with Gasteiger partial charge in [-0.15, -0.1) is 0 Å². The molecule has 0 atom stereocenters. The summed E-state index contributed by atoms with van der Waals surface area (Å²) in [5.41, 5.74) is 1.11. The van der Waals surface area contributed by atoms with Gasteiger partial charge >= 0.3 is 0 Å². The van der Waals surface area contributed by atoms with E-state index >= 15 is 0 Å². The normalized spacial score (nSPS) is 10.2. The molecule has 1 aromatic heterocycles. The molecule has 6 heteroatoms. The highest BCUT2D eigenvalue weighted by Crippen LogP contribution is 2.11. The molecule has 4 nitrogen and oxygen atoms in total. The van der Waals surface area contributed by atoms with E-state index in [4.69, 9.17) is 11.6 Å². The first-order valence-electron chi connectivity index (χ1n) is 6.15. The van der Waals surface area contributed by atoms with E-state index < -0.39 is 0 Å². The van der Waals surface area contributed by atoms with Gasteiger partial charge in [0.2, 0.25) is 5.91 Å². The van der Waals surface area contributed by atoms with E-state index in [1.54, 1.807) is 18.5 Å². The Morgan fingerprint density at radius 2 is 2.05 bits per heavy atom.